The first kappa shape index (κ1) is 13.2. The second-order valence-corrected chi connectivity index (χ2v) is 3.91. The molecule has 1 heterocycles. The molecule has 0 amide bonds. The number of hydrogen-bond acceptors (Lipinski definition) is 1. The molecule has 2 aromatic rings. The largest absolute Gasteiger partial charge is 0.477 e. The summed E-state index contributed by atoms with van der Waals surface area (Å²) < 4.78 is 40.6. The average molecular weight is 269 g/mol. The van der Waals surface area contributed by atoms with Gasteiger partial charge in [-0.1, -0.05) is 0 Å². The number of carboxylic acid groups (broad SMARTS) is 1. The maximum absolute atomic E-state index is 13.2. The molecule has 0 spiro atoms. The quantitative estimate of drug-likeness (QED) is 0.869. The number of benzene rings is 1. The van der Waals surface area contributed by atoms with E-state index >= 15 is 0 Å². The Labute approximate surface area is 106 Å². The van der Waals surface area contributed by atoms with Crippen LogP contribution in [0.4, 0.5) is 13.2 Å². The van der Waals surface area contributed by atoms with E-state index in [1.54, 1.807) is 6.92 Å². The predicted octanol–water partition coefficient (Wildman–Crippen LogP) is 3.29. The molecule has 1 aromatic heterocycles. The topological polar surface area (TPSA) is 42.2 Å². The van der Waals surface area contributed by atoms with Crippen molar-refractivity contribution in [3.8, 4) is 11.3 Å². The van der Waals surface area contributed by atoms with E-state index in [0.717, 1.165) is 12.1 Å². The summed E-state index contributed by atoms with van der Waals surface area (Å²) in [6, 6.07) is 4.44. The van der Waals surface area contributed by atoms with Gasteiger partial charge in [-0.25, -0.2) is 18.0 Å². The van der Waals surface area contributed by atoms with Gasteiger partial charge in [0.25, 0.3) is 0 Å². The number of hydrogen-bond donors (Lipinski definition) is 1. The van der Waals surface area contributed by atoms with Gasteiger partial charge in [0, 0.05) is 17.8 Å². The maximum Gasteiger partial charge on any atom is 0.352 e. The maximum atomic E-state index is 13.2. The second-order valence-electron chi connectivity index (χ2n) is 3.91. The van der Waals surface area contributed by atoms with Crippen molar-refractivity contribution in [1.29, 1.82) is 0 Å². The van der Waals surface area contributed by atoms with Gasteiger partial charge in [0.05, 0.1) is 0 Å². The van der Waals surface area contributed by atoms with E-state index in [1.165, 1.54) is 16.7 Å². The Bertz CT molecular complexity index is 626. The molecule has 0 fully saturated rings. The lowest BCUT2D eigenvalue weighted by atomic mass is 10.1. The zero-order chi connectivity index (χ0) is 14.2. The molecular formula is C13H10F3NO2. The standard InChI is InChI=1S/C13H10F3NO2/c1-2-17-10(3-4-11(17)13(18)19)7-5-8(14)12(16)9(15)6-7/h3-6H,2H2,1H3,(H,18,19). The van der Waals surface area contributed by atoms with Crippen molar-refractivity contribution in [2.45, 2.75) is 13.5 Å². The Hall–Kier alpha value is -2.24. The van der Waals surface area contributed by atoms with Crippen LogP contribution in [0.25, 0.3) is 11.3 Å². The van der Waals surface area contributed by atoms with Gasteiger partial charge >= 0.3 is 5.97 Å². The van der Waals surface area contributed by atoms with Crippen molar-refractivity contribution in [2.24, 2.45) is 0 Å². The van der Waals surface area contributed by atoms with Gasteiger partial charge in [-0.15, -0.1) is 0 Å². The molecule has 0 saturated heterocycles. The average Bonchev–Trinajstić information content (AvgIpc) is 2.79. The molecule has 2 rings (SSSR count). The highest BCUT2D eigenvalue weighted by molar-refractivity contribution is 5.87. The molecule has 100 valence electrons. The van der Waals surface area contributed by atoms with Crippen LogP contribution in [0.1, 0.15) is 17.4 Å². The van der Waals surface area contributed by atoms with Crippen LogP contribution < -0.4 is 0 Å². The number of nitrogens with zero attached hydrogens (tertiary/aromatic N) is 1. The number of carbonyl (C=O) groups is 1. The third-order valence-corrected chi connectivity index (χ3v) is 2.80. The molecule has 0 bridgehead atoms. The fourth-order valence-corrected chi connectivity index (χ4v) is 1.95. The van der Waals surface area contributed by atoms with E-state index in [4.69, 9.17) is 5.11 Å². The highest BCUT2D eigenvalue weighted by atomic mass is 19.2. The van der Waals surface area contributed by atoms with E-state index in [0.29, 0.717) is 12.2 Å². The third-order valence-electron chi connectivity index (χ3n) is 2.80. The van der Waals surface area contributed by atoms with Crippen molar-refractivity contribution in [2.75, 3.05) is 0 Å². The van der Waals surface area contributed by atoms with Crippen LogP contribution in [0.2, 0.25) is 0 Å². The highest BCUT2D eigenvalue weighted by Crippen LogP contribution is 2.26. The smallest absolute Gasteiger partial charge is 0.352 e. The summed E-state index contributed by atoms with van der Waals surface area (Å²) in [6.45, 7) is 2.01. The molecule has 0 aliphatic carbocycles. The molecule has 0 unspecified atom stereocenters. The summed E-state index contributed by atoms with van der Waals surface area (Å²) in [4.78, 5) is 11.0. The van der Waals surface area contributed by atoms with E-state index in [2.05, 4.69) is 0 Å². The lowest BCUT2D eigenvalue weighted by Crippen LogP contribution is -2.08. The minimum Gasteiger partial charge on any atom is -0.477 e. The van der Waals surface area contributed by atoms with Crippen LogP contribution in [-0.2, 0) is 6.54 Å². The first-order valence-electron chi connectivity index (χ1n) is 5.53. The van der Waals surface area contributed by atoms with Crippen molar-refractivity contribution < 1.29 is 23.1 Å². The van der Waals surface area contributed by atoms with Gasteiger partial charge in [0.2, 0.25) is 0 Å². The first-order chi connectivity index (χ1) is 8.95. The summed E-state index contributed by atoms with van der Waals surface area (Å²) >= 11 is 0. The Morgan fingerprint density at radius 1 is 1.21 bits per heavy atom. The van der Waals surface area contributed by atoms with Gasteiger partial charge in [0.1, 0.15) is 5.69 Å². The van der Waals surface area contributed by atoms with E-state index in [-0.39, 0.29) is 11.3 Å². The lowest BCUT2D eigenvalue weighted by molar-refractivity contribution is 0.0685. The van der Waals surface area contributed by atoms with Crippen LogP contribution in [-0.4, -0.2) is 15.6 Å². The van der Waals surface area contributed by atoms with E-state index in [1.807, 2.05) is 0 Å². The number of halogens is 3. The van der Waals surface area contributed by atoms with Crippen LogP contribution in [0.15, 0.2) is 24.3 Å². The molecule has 0 radical (unpaired) electrons. The number of rotatable bonds is 3. The van der Waals surface area contributed by atoms with Crippen LogP contribution in [0, 0.1) is 17.5 Å². The zero-order valence-corrected chi connectivity index (χ0v) is 9.95. The van der Waals surface area contributed by atoms with Gasteiger partial charge in [0.15, 0.2) is 17.5 Å². The molecule has 0 aliphatic heterocycles. The normalized spacial score (nSPS) is 10.7. The molecule has 3 nitrogen and oxygen atoms in total. The number of carboxylic acids is 1. The molecule has 6 heteroatoms. The zero-order valence-electron chi connectivity index (χ0n) is 9.95. The summed E-state index contributed by atoms with van der Waals surface area (Å²) in [6.07, 6.45) is 0. The highest BCUT2D eigenvalue weighted by Gasteiger charge is 2.17. The van der Waals surface area contributed by atoms with Gasteiger partial charge in [-0.3, -0.25) is 0 Å². The van der Waals surface area contributed by atoms with Crippen molar-refractivity contribution in [1.82, 2.24) is 4.57 Å². The Kier molecular flexibility index (Phi) is 3.33. The minimum atomic E-state index is -1.54. The summed E-state index contributed by atoms with van der Waals surface area (Å²) in [7, 11) is 0. The van der Waals surface area contributed by atoms with Gasteiger partial charge < -0.3 is 9.67 Å². The summed E-state index contributed by atoms with van der Waals surface area (Å²) in [5.41, 5.74) is 0.408. The predicted molar refractivity (Wildman–Crippen MR) is 62.4 cm³/mol. The summed E-state index contributed by atoms with van der Waals surface area (Å²) in [5, 5.41) is 8.98. The van der Waals surface area contributed by atoms with E-state index in [9.17, 15) is 18.0 Å². The summed E-state index contributed by atoms with van der Waals surface area (Å²) in [5.74, 6) is -5.31. The van der Waals surface area contributed by atoms with E-state index < -0.39 is 23.4 Å². The Balaban J connectivity index is 2.62. The van der Waals surface area contributed by atoms with Crippen molar-refractivity contribution in [3.63, 3.8) is 0 Å². The van der Waals surface area contributed by atoms with Crippen molar-refractivity contribution in [3.05, 3.63) is 47.4 Å². The SMILES string of the molecule is CCn1c(C(=O)O)ccc1-c1cc(F)c(F)c(F)c1. The third kappa shape index (κ3) is 2.21. The van der Waals surface area contributed by atoms with Crippen LogP contribution in [0.5, 0.6) is 0 Å². The van der Waals surface area contributed by atoms with Crippen LogP contribution in [0.3, 0.4) is 0 Å². The molecule has 1 N–H and O–H groups in total. The van der Waals surface area contributed by atoms with Crippen LogP contribution >= 0.6 is 0 Å². The molecule has 1 aromatic carbocycles. The van der Waals surface area contributed by atoms with Gasteiger partial charge in [-0.2, -0.15) is 0 Å². The number of aromatic carboxylic acids is 1. The van der Waals surface area contributed by atoms with Crippen molar-refractivity contribution >= 4 is 5.97 Å². The first-order valence-corrected chi connectivity index (χ1v) is 5.53. The lowest BCUT2D eigenvalue weighted by Gasteiger charge is -2.09. The Morgan fingerprint density at radius 3 is 2.26 bits per heavy atom. The monoisotopic (exact) mass is 269 g/mol. The number of aromatic nitrogens is 1. The van der Waals surface area contributed by atoms with Gasteiger partial charge in [-0.05, 0) is 31.2 Å². The minimum absolute atomic E-state index is 0.00245. The Morgan fingerprint density at radius 2 is 1.79 bits per heavy atom. The second kappa shape index (κ2) is 4.79. The molecule has 0 aliphatic rings. The molecular weight excluding hydrogens is 259 g/mol. The molecule has 0 saturated carbocycles. The fraction of sp³-hybridized carbons (Fsp3) is 0.154. The molecule has 0 atom stereocenters. The molecule has 19 heavy (non-hydrogen) atoms. The fourth-order valence-electron chi connectivity index (χ4n) is 1.95.